The number of amides is 1. The van der Waals surface area contributed by atoms with Gasteiger partial charge in [0.15, 0.2) is 10.3 Å². The Morgan fingerprint density at radius 2 is 2.04 bits per heavy atom. The largest absolute Gasteiger partial charge is 0.378 e. The number of thiazole rings is 1. The lowest BCUT2D eigenvalue weighted by Crippen LogP contribution is -2.36. The third kappa shape index (κ3) is 5.52. The van der Waals surface area contributed by atoms with Crippen LogP contribution in [0.4, 0.5) is 5.13 Å². The van der Waals surface area contributed by atoms with Gasteiger partial charge in [0.25, 0.3) is 0 Å². The van der Waals surface area contributed by atoms with Crippen LogP contribution in [0, 0.1) is 16.7 Å². The highest BCUT2D eigenvalue weighted by atomic mass is 32.2. The Morgan fingerprint density at radius 3 is 2.77 bits per heavy atom. The van der Waals surface area contributed by atoms with Crippen LogP contribution in [0.1, 0.15) is 37.8 Å². The van der Waals surface area contributed by atoms with Crippen molar-refractivity contribution in [2.24, 2.45) is 5.92 Å². The Kier molecular flexibility index (Phi) is 7.04. The summed E-state index contributed by atoms with van der Waals surface area (Å²) in [5, 5.41) is 22.0. The van der Waals surface area contributed by atoms with E-state index < -0.39 is 0 Å². The second-order valence-electron chi connectivity index (χ2n) is 6.58. The van der Waals surface area contributed by atoms with Crippen molar-refractivity contribution in [2.75, 3.05) is 31.2 Å². The first kappa shape index (κ1) is 19.3. The first-order valence-corrected chi connectivity index (χ1v) is 10.7. The van der Waals surface area contributed by atoms with Gasteiger partial charge >= 0.3 is 0 Å². The van der Waals surface area contributed by atoms with E-state index in [1.807, 2.05) is 5.38 Å². The second-order valence-corrected chi connectivity index (χ2v) is 8.46. The summed E-state index contributed by atoms with van der Waals surface area (Å²) >= 11 is 2.60. The maximum Gasteiger partial charge on any atom is 0.231 e. The fraction of sp³-hybridized carbons (Fsp3) is 0.647. The number of aromatic nitrogens is 1. The van der Waals surface area contributed by atoms with E-state index >= 15 is 0 Å². The number of rotatable bonds is 4. The average Bonchev–Trinajstić information content (AvgIpc) is 3.11. The molecule has 1 saturated heterocycles. The van der Waals surface area contributed by atoms with Gasteiger partial charge in [0.05, 0.1) is 30.4 Å². The van der Waals surface area contributed by atoms with Crippen molar-refractivity contribution in [1.29, 1.82) is 10.8 Å². The molecule has 2 heterocycles. The highest BCUT2D eigenvalue weighted by Crippen LogP contribution is 2.28. The number of morpholine rings is 1. The fourth-order valence-corrected chi connectivity index (χ4v) is 4.86. The Balaban J connectivity index is 1.43. The Bertz CT molecular complexity index is 651. The minimum absolute atomic E-state index is 0.0363. The lowest BCUT2D eigenvalue weighted by Gasteiger charge is -2.26. The second kappa shape index (κ2) is 9.48. The molecule has 0 bridgehead atoms. The number of anilines is 1. The fourth-order valence-electron chi connectivity index (χ4n) is 3.20. The topological polar surface area (TPSA) is 102 Å². The predicted octanol–water partition coefficient (Wildman–Crippen LogP) is 2.86. The minimum atomic E-state index is -0.252. The molecule has 7 nitrogen and oxygen atoms in total. The number of amidine groups is 1. The molecule has 0 unspecified atom stereocenters. The number of nitrogens with zero attached hydrogens (tertiary/aromatic N) is 2. The van der Waals surface area contributed by atoms with E-state index in [0.29, 0.717) is 24.0 Å². The first-order valence-electron chi connectivity index (χ1n) is 9.03. The summed E-state index contributed by atoms with van der Waals surface area (Å²) in [6, 6.07) is 0. The van der Waals surface area contributed by atoms with Gasteiger partial charge in [0.1, 0.15) is 0 Å². The highest BCUT2D eigenvalue weighted by molar-refractivity contribution is 8.26. The molecule has 142 valence electrons. The lowest BCUT2D eigenvalue weighted by atomic mass is 9.90. The van der Waals surface area contributed by atoms with Crippen LogP contribution >= 0.6 is 23.1 Å². The van der Waals surface area contributed by atoms with Crippen LogP contribution in [0.25, 0.3) is 0 Å². The molecule has 3 N–H and O–H groups in total. The van der Waals surface area contributed by atoms with E-state index in [1.165, 1.54) is 17.8 Å². The van der Waals surface area contributed by atoms with E-state index in [4.69, 9.17) is 15.6 Å². The molecule has 3 rings (SSSR count). The van der Waals surface area contributed by atoms with Crippen LogP contribution in [-0.2, 0) is 16.0 Å². The molecule has 1 aliphatic heterocycles. The standard InChI is InChI=1S/C17H25N5O2S2/c18-15(12-4-2-1-3-5-12)26-16(19)21-14(23)10-13-11-25-17(20-13)22-6-8-24-9-7-22/h11-12,18H,1-10H2,(H2,19,21,23). The maximum absolute atomic E-state index is 12.2. The number of thioether (sulfide) groups is 1. The average molecular weight is 396 g/mol. The third-order valence-electron chi connectivity index (χ3n) is 4.60. The van der Waals surface area contributed by atoms with E-state index in [2.05, 4.69) is 15.2 Å². The van der Waals surface area contributed by atoms with Gasteiger partial charge in [-0.25, -0.2) is 4.98 Å². The van der Waals surface area contributed by atoms with Gasteiger partial charge < -0.3 is 15.0 Å². The van der Waals surface area contributed by atoms with Crippen molar-refractivity contribution in [2.45, 2.75) is 38.5 Å². The molecule has 0 radical (unpaired) electrons. The minimum Gasteiger partial charge on any atom is -0.378 e. The van der Waals surface area contributed by atoms with Crippen LogP contribution in [0.5, 0.6) is 0 Å². The molecule has 1 saturated carbocycles. The summed E-state index contributed by atoms with van der Waals surface area (Å²) in [6.45, 7) is 3.06. The van der Waals surface area contributed by atoms with E-state index in [0.717, 1.165) is 55.7 Å². The van der Waals surface area contributed by atoms with Crippen LogP contribution in [-0.4, -0.2) is 47.4 Å². The van der Waals surface area contributed by atoms with Gasteiger partial charge in [-0.05, 0) is 24.6 Å². The van der Waals surface area contributed by atoms with Gasteiger partial charge in [-0.2, -0.15) is 0 Å². The Hall–Kier alpha value is -1.45. The van der Waals surface area contributed by atoms with Crippen molar-refractivity contribution in [3.63, 3.8) is 0 Å². The summed E-state index contributed by atoms with van der Waals surface area (Å²) < 4.78 is 5.34. The summed E-state index contributed by atoms with van der Waals surface area (Å²) in [5.74, 6) is -0.00149. The highest BCUT2D eigenvalue weighted by Gasteiger charge is 2.21. The van der Waals surface area contributed by atoms with Crippen molar-refractivity contribution in [1.82, 2.24) is 10.3 Å². The SMILES string of the molecule is N=C(NC(=O)Cc1csc(N2CCOCC2)n1)SC(=N)C1CCCCC1. The molecule has 2 aliphatic rings. The molecule has 0 atom stereocenters. The number of hydrogen-bond donors (Lipinski definition) is 3. The quantitative estimate of drug-likeness (QED) is 0.537. The number of carbonyl (C=O) groups is 1. The lowest BCUT2D eigenvalue weighted by molar-refractivity contribution is -0.119. The summed E-state index contributed by atoms with van der Waals surface area (Å²) in [6.07, 6.45) is 5.75. The molecule has 26 heavy (non-hydrogen) atoms. The monoisotopic (exact) mass is 395 g/mol. The Labute approximate surface area is 161 Å². The molecule has 1 aliphatic carbocycles. The van der Waals surface area contributed by atoms with Crippen molar-refractivity contribution in [3.05, 3.63) is 11.1 Å². The predicted molar refractivity (Wildman–Crippen MR) is 107 cm³/mol. The molecule has 9 heteroatoms. The zero-order chi connectivity index (χ0) is 18.4. The summed E-state index contributed by atoms with van der Waals surface area (Å²) in [5.41, 5.74) is 0.717. The molecular weight excluding hydrogens is 370 g/mol. The molecule has 1 aromatic rings. The molecule has 1 amide bonds. The number of ether oxygens (including phenoxy) is 1. The third-order valence-corrected chi connectivity index (χ3v) is 6.41. The van der Waals surface area contributed by atoms with Gasteiger partial charge in [-0.15, -0.1) is 11.3 Å². The first-order chi connectivity index (χ1) is 12.6. The van der Waals surface area contributed by atoms with E-state index in [-0.39, 0.29) is 23.4 Å². The number of hydrogen-bond acceptors (Lipinski definition) is 8. The van der Waals surface area contributed by atoms with Gasteiger partial charge in [-0.3, -0.25) is 15.6 Å². The molecule has 0 aromatic carbocycles. The summed E-state index contributed by atoms with van der Waals surface area (Å²) in [7, 11) is 0. The number of carbonyl (C=O) groups excluding carboxylic acids is 1. The zero-order valence-corrected chi connectivity index (χ0v) is 16.4. The van der Waals surface area contributed by atoms with Crippen molar-refractivity contribution < 1.29 is 9.53 Å². The zero-order valence-electron chi connectivity index (χ0n) is 14.8. The van der Waals surface area contributed by atoms with Crippen LogP contribution in [0.2, 0.25) is 0 Å². The van der Waals surface area contributed by atoms with Gasteiger partial charge in [-0.1, -0.05) is 19.3 Å². The summed E-state index contributed by atoms with van der Waals surface area (Å²) in [4.78, 5) is 18.9. The normalized spacial score (nSPS) is 18.5. The van der Waals surface area contributed by atoms with Crippen molar-refractivity contribution >= 4 is 44.3 Å². The molecule has 1 aromatic heterocycles. The number of nitrogens with one attached hydrogen (secondary N) is 3. The maximum atomic E-state index is 12.2. The van der Waals surface area contributed by atoms with E-state index in [1.54, 1.807) is 0 Å². The molecule has 2 fully saturated rings. The molecule has 0 spiro atoms. The van der Waals surface area contributed by atoms with Crippen LogP contribution in [0.15, 0.2) is 5.38 Å². The van der Waals surface area contributed by atoms with Gasteiger partial charge in [0, 0.05) is 24.4 Å². The van der Waals surface area contributed by atoms with Crippen molar-refractivity contribution in [3.8, 4) is 0 Å². The van der Waals surface area contributed by atoms with Crippen LogP contribution in [0.3, 0.4) is 0 Å². The Morgan fingerprint density at radius 1 is 1.31 bits per heavy atom. The molecular formula is C17H25N5O2S2. The smallest absolute Gasteiger partial charge is 0.231 e. The van der Waals surface area contributed by atoms with E-state index in [9.17, 15) is 4.79 Å². The van der Waals surface area contributed by atoms with Crippen LogP contribution < -0.4 is 10.2 Å². The van der Waals surface area contributed by atoms with Gasteiger partial charge in [0.2, 0.25) is 5.91 Å².